The van der Waals surface area contributed by atoms with Gasteiger partial charge in [0.25, 0.3) is 5.91 Å². The second kappa shape index (κ2) is 6.44. The van der Waals surface area contributed by atoms with Crippen LogP contribution < -0.4 is 10.1 Å². The van der Waals surface area contributed by atoms with E-state index in [1.165, 1.54) is 0 Å². The van der Waals surface area contributed by atoms with E-state index >= 15 is 0 Å². The van der Waals surface area contributed by atoms with Gasteiger partial charge in [-0.25, -0.2) is 0 Å². The zero-order chi connectivity index (χ0) is 16.4. The van der Waals surface area contributed by atoms with E-state index in [1.54, 1.807) is 20.0 Å². The predicted molar refractivity (Wildman–Crippen MR) is 83.4 cm³/mol. The van der Waals surface area contributed by atoms with Crippen molar-refractivity contribution in [3.05, 3.63) is 29.4 Å². The normalized spacial score (nSPS) is 20.7. The molecule has 1 N–H and O–H groups in total. The Kier molecular flexibility index (Phi) is 4.36. The van der Waals surface area contributed by atoms with Crippen LogP contribution >= 0.6 is 0 Å². The Hall–Kier alpha value is -2.31. The van der Waals surface area contributed by atoms with Gasteiger partial charge in [-0.1, -0.05) is 5.16 Å². The average molecular weight is 318 g/mol. The Morgan fingerprint density at radius 3 is 2.96 bits per heavy atom. The van der Waals surface area contributed by atoms with Crippen LogP contribution in [0.2, 0.25) is 0 Å². The summed E-state index contributed by atoms with van der Waals surface area (Å²) in [6.45, 7) is 6.35. The van der Waals surface area contributed by atoms with Crippen LogP contribution in [0.15, 0.2) is 16.9 Å². The molecule has 0 spiro atoms. The molecular formula is C16H22N4O3. The maximum Gasteiger partial charge on any atom is 0.257 e. The number of hydrogen-bond donors (Lipinski definition) is 1. The van der Waals surface area contributed by atoms with Crippen molar-refractivity contribution in [3.63, 3.8) is 0 Å². The van der Waals surface area contributed by atoms with Gasteiger partial charge >= 0.3 is 0 Å². The van der Waals surface area contributed by atoms with Crippen molar-refractivity contribution in [2.45, 2.75) is 58.7 Å². The number of nitrogens with zero attached hydrogens (tertiary/aromatic N) is 3. The van der Waals surface area contributed by atoms with Crippen LogP contribution in [0.25, 0.3) is 0 Å². The van der Waals surface area contributed by atoms with Crippen LogP contribution in [0.1, 0.15) is 48.0 Å². The number of nitrogens with one attached hydrogen (secondary N) is 1. The van der Waals surface area contributed by atoms with Gasteiger partial charge < -0.3 is 14.6 Å². The standard InChI is InChI=1S/C16H22N4O3/c1-4-20-9-12(8-17-20)22-14-7-5-6-13(14)18-16(21)15-10(2)19-23-11(15)3/h8-9,13-14H,4-7H2,1-3H3,(H,18,21)/t13-,14+/m0/s1. The van der Waals surface area contributed by atoms with Gasteiger partial charge in [0.2, 0.25) is 0 Å². The van der Waals surface area contributed by atoms with Crippen LogP contribution in [0.4, 0.5) is 0 Å². The van der Waals surface area contributed by atoms with E-state index in [4.69, 9.17) is 9.26 Å². The van der Waals surface area contributed by atoms with Crippen molar-refractivity contribution in [1.29, 1.82) is 0 Å². The van der Waals surface area contributed by atoms with Crippen molar-refractivity contribution in [3.8, 4) is 5.75 Å². The van der Waals surface area contributed by atoms with E-state index in [0.29, 0.717) is 17.0 Å². The molecular weight excluding hydrogens is 296 g/mol. The Bertz CT molecular complexity index is 672. The molecule has 2 aromatic heterocycles. The summed E-state index contributed by atoms with van der Waals surface area (Å²) in [4.78, 5) is 12.5. The van der Waals surface area contributed by atoms with Gasteiger partial charge in [0.1, 0.15) is 17.4 Å². The summed E-state index contributed by atoms with van der Waals surface area (Å²) in [5, 5.41) is 11.1. The number of rotatable bonds is 5. The zero-order valence-electron chi connectivity index (χ0n) is 13.7. The first kappa shape index (κ1) is 15.6. The maximum absolute atomic E-state index is 12.5. The van der Waals surface area contributed by atoms with Gasteiger partial charge in [0.05, 0.1) is 24.1 Å². The third-order valence-electron chi connectivity index (χ3n) is 4.25. The minimum absolute atomic E-state index is 0.0128. The Morgan fingerprint density at radius 1 is 1.48 bits per heavy atom. The van der Waals surface area contributed by atoms with E-state index in [1.807, 2.05) is 17.8 Å². The summed E-state index contributed by atoms with van der Waals surface area (Å²) in [6, 6.07) is -0.0128. The smallest absolute Gasteiger partial charge is 0.257 e. The minimum Gasteiger partial charge on any atom is -0.485 e. The molecule has 2 atom stereocenters. The van der Waals surface area contributed by atoms with E-state index in [2.05, 4.69) is 15.6 Å². The molecule has 1 saturated carbocycles. The van der Waals surface area contributed by atoms with Gasteiger partial charge in [-0.2, -0.15) is 5.10 Å². The Morgan fingerprint density at radius 2 is 2.30 bits per heavy atom. The summed E-state index contributed by atoms with van der Waals surface area (Å²) < 4.78 is 12.9. The van der Waals surface area contributed by atoms with E-state index < -0.39 is 0 Å². The number of ether oxygens (including phenoxy) is 1. The van der Waals surface area contributed by atoms with Crippen LogP contribution in [0.5, 0.6) is 5.75 Å². The molecule has 124 valence electrons. The number of carbonyl (C=O) groups is 1. The number of aromatic nitrogens is 3. The summed E-state index contributed by atoms with van der Waals surface area (Å²) in [5.41, 5.74) is 1.13. The largest absolute Gasteiger partial charge is 0.485 e. The lowest BCUT2D eigenvalue weighted by atomic mass is 10.1. The molecule has 0 aliphatic heterocycles. The van der Waals surface area contributed by atoms with Crippen molar-refractivity contribution in [2.75, 3.05) is 0 Å². The molecule has 2 heterocycles. The average Bonchev–Trinajstić information content (AvgIpc) is 3.22. The first-order valence-electron chi connectivity index (χ1n) is 8.01. The molecule has 1 aliphatic carbocycles. The van der Waals surface area contributed by atoms with E-state index in [9.17, 15) is 4.79 Å². The van der Waals surface area contributed by atoms with Crippen molar-refractivity contribution >= 4 is 5.91 Å². The molecule has 0 bridgehead atoms. The topological polar surface area (TPSA) is 82.2 Å². The molecule has 7 nitrogen and oxygen atoms in total. The molecule has 3 rings (SSSR count). The van der Waals surface area contributed by atoms with Crippen LogP contribution in [-0.4, -0.2) is 33.0 Å². The Balaban J connectivity index is 1.66. The highest BCUT2D eigenvalue weighted by molar-refractivity contribution is 5.96. The zero-order valence-corrected chi connectivity index (χ0v) is 13.7. The van der Waals surface area contributed by atoms with Gasteiger partial charge in [0, 0.05) is 6.54 Å². The highest BCUT2D eigenvalue weighted by atomic mass is 16.5. The number of amides is 1. The minimum atomic E-state index is -0.147. The fraction of sp³-hybridized carbons (Fsp3) is 0.562. The molecule has 2 aromatic rings. The molecule has 1 aliphatic rings. The molecule has 0 radical (unpaired) electrons. The summed E-state index contributed by atoms with van der Waals surface area (Å²) >= 11 is 0. The fourth-order valence-electron chi connectivity index (χ4n) is 3.03. The summed E-state index contributed by atoms with van der Waals surface area (Å²) in [7, 11) is 0. The molecule has 7 heteroatoms. The van der Waals surface area contributed by atoms with Crippen LogP contribution in [0, 0.1) is 13.8 Å². The lowest BCUT2D eigenvalue weighted by Gasteiger charge is -2.21. The first-order valence-corrected chi connectivity index (χ1v) is 8.01. The van der Waals surface area contributed by atoms with E-state index in [0.717, 1.165) is 31.6 Å². The van der Waals surface area contributed by atoms with Crippen molar-refractivity contribution < 1.29 is 14.1 Å². The monoisotopic (exact) mass is 318 g/mol. The highest BCUT2D eigenvalue weighted by Gasteiger charge is 2.32. The van der Waals surface area contributed by atoms with Crippen LogP contribution in [-0.2, 0) is 6.54 Å². The number of aryl methyl sites for hydroxylation is 3. The lowest BCUT2D eigenvalue weighted by molar-refractivity contribution is 0.0892. The predicted octanol–water partition coefficient (Wildman–Crippen LogP) is 2.24. The number of carbonyl (C=O) groups excluding carboxylic acids is 1. The van der Waals surface area contributed by atoms with Gasteiger partial charge in [-0.05, 0) is 40.0 Å². The molecule has 0 unspecified atom stereocenters. The third kappa shape index (κ3) is 3.23. The maximum atomic E-state index is 12.5. The highest BCUT2D eigenvalue weighted by Crippen LogP contribution is 2.25. The van der Waals surface area contributed by atoms with Gasteiger partial charge in [-0.15, -0.1) is 0 Å². The van der Waals surface area contributed by atoms with Crippen molar-refractivity contribution in [1.82, 2.24) is 20.3 Å². The molecule has 1 amide bonds. The third-order valence-corrected chi connectivity index (χ3v) is 4.25. The summed E-state index contributed by atoms with van der Waals surface area (Å²) in [6.07, 6.45) is 6.42. The number of hydrogen-bond acceptors (Lipinski definition) is 5. The second-order valence-electron chi connectivity index (χ2n) is 5.90. The molecule has 0 saturated heterocycles. The van der Waals surface area contributed by atoms with E-state index in [-0.39, 0.29) is 18.1 Å². The second-order valence-corrected chi connectivity index (χ2v) is 5.90. The Labute approximate surface area is 135 Å². The lowest BCUT2D eigenvalue weighted by Crippen LogP contribution is -2.42. The molecule has 23 heavy (non-hydrogen) atoms. The molecule has 1 fully saturated rings. The fourth-order valence-corrected chi connectivity index (χ4v) is 3.03. The van der Waals surface area contributed by atoms with Crippen LogP contribution in [0.3, 0.4) is 0 Å². The van der Waals surface area contributed by atoms with Crippen molar-refractivity contribution in [2.24, 2.45) is 0 Å². The van der Waals surface area contributed by atoms with Gasteiger partial charge in [0.15, 0.2) is 5.75 Å². The quantitative estimate of drug-likeness (QED) is 0.914. The van der Waals surface area contributed by atoms with Gasteiger partial charge in [-0.3, -0.25) is 9.48 Å². The molecule has 0 aromatic carbocycles. The SMILES string of the molecule is CCn1cc(O[C@@H]2CCC[C@@H]2NC(=O)c2c(C)noc2C)cn1. The first-order chi connectivity index (χ1) is 11.1. The summed E-state index contributed by atoms with van der Waals surface area (Å²) in [5.74, 6) is 1.14.